The second-order valence-electron chi connectivity index (χ2n) is 3.18. The van der Waals surface area contributed by atoms with Gasteiger partial charge in [-0.2, -0.15) is 0 Å². The fourth-order valence-electron chi connectivity index (χ4n) is 1.43. The van der Waals surface area contributed by atoms with Crippen LogP contribution in [0.25, 0.3) is 0 Å². The summed E-state index contributed by atoms with van der Waals surface area (Å²) in [5.74, 6) is 0.0266. The monoisotopic (exact) mass is 206 g/mol. The van der Waals surface area contributed by atoms with E-state index in [2.05, 4.69) is 10.3 Å². The van der Waals surface area contributed by atoms with E-state index in [1.54, 1.807) is 13.0 Å². The fraction of sp³-hybridized carbons (Fsp3) is 0.300. The van der Waals surface area contributed by atoms with Gasteiger partial charge >= 0.3 is 5.97 Å². The number of carbonyl (C=O) groups is 2. The summed E-state index contributed by atoms with van der Waals surface area (Å²) >= 11 is 0. The third-order valence-corrected chi connectivity index (χ3v) is 2.09. The molecule has 78 valence electrons. The maximum atomic E-state index is 11.4. The highest BCUT2D eigenvalue weighted by atomic mass is 16.5. The number of hydrogen-bond acceptors (Lipinski definition) is 4. The van der Waals surface area contributed by atoms with Crippen LogP contribution in [0.5, 0.6) is 0 Å². The van der Waals surface area contributed by atoms with Crippen LogP contribution in [-0.2, 0) is 16.0 Å². The van der Waals surface area contributed by atoms with E-state index in [1.807, 2.05) is 0 Å². The number of aromatic nitrogens is 1. The maximum absolute atomic E-state index is 11.4. The largest absolute Gasteiger partial charge is 0.462 e. The van der Waals surface area contributed by atoms with E-state index in [4.69, 9.17) is 4.74 Å². The summed E-state index contributed by atoms with van der Waals surface area (Å²) in [7, 11) is 0. The molecule has 1 aliphatic heterocycles. The lowest BCUT2D eigenvalue weighted by Crippen LogP contribution is -2.05. The van der Waals surface area contributed by atoms with Crippen LogP contribution in [0.2, 0.25) is 0 Å². The maximum Gasteiger partial charge on any atom is 0.339 e. The summed E-state index contributed by atoms with van der Waals surface area (Å²) in [6.07, 6.45) is 1.68. The van der Waals surface area contributed by atoms with Crippen molar-refractivity contribution in [1.29, 1.82) is 0 Å². The van der Waals surface area contributed by atoms with E-state index < -0.39 is 5.97 Å². The lowest BCUT2D eigenvalue weighted by atomic mass is 10.1. The number of pyridine rings is 1. The summed E-state index contributed by atoms with van der Waals surface area (Å²) < 4.78 is 4.83. The summed E-state index contributed by atoms with van der Waals surface area (Å²) in [4.78, 5) is 26.4. The van der Waals surface area contributed by atoms with Gasteiger partial charge < -0.3 is 10.1 Å². The number of anilines is 1. The van der Waals surface area contributed by atoms with Crippen LogP contribution < -0.4 is 5.32 Å². The van der Waals surface area contributed by atoms with Gasteiger partial charge in [-0.05, 0) is 13.0 Å². The van der Waals surface area contributed by atoms with Gasteiger partial charge in [0.25, 0.3) is 0 Å². The standard InChI is InChI=1S/C10H10N2O3/c1-2-15-10(14)7-3-6-4-8(13)12-9(6)11-5-7/h3,5H,2,4H2,1H3,(H,11,12,13). The molecule has 1 aliphatic rings. The molecule has 0 unspecified atom stereocenters. The van der Waals surface area contributed by atoms with Gasteiger partial charge in [-0.15, -0.1) is 0 Å². The molecule has 15 heavy (non-hydrogen) atoms. The molecular formula is C10H10N2O3. The number of ether oxygens (including phenoxy) is 1. The second-order valence-corrected chi connectivity index (χ2v) is 3.18. The minimum atomic E-state index is -0.410. The Morgan fingerprint density at radius 1 is 1.67 bits per heavy atom. The highest BCUT2D eigenvalue weighted by molar-refractivity contribution is 5.99. The summed E-state index contributed by atoms with van der Waals surface area (Å²) in [6.45, 7) is 2.07. The van der Waals surface area contributed by atoms with Crippen molar-refractivity contribution in [2.24, 2.45) is 0 Å². The third-order valence-electron chi connectivity index (χ3n) is 2.09. The summed E-state index contributed by atoms with van der Waals surface area (Å²) in [5.41, 5.74) is 1.12. The van der Waals surface area contributed by atoms with Gasteiger partial charge in [0.15, 0.2) is 0 Å². The molecule has 0 radical (unpaired) electrons. The molecule has 1 amide bonds. The highest BCUT2D eigenvalue weighted by Gasteiger charge is 2.20. The second kappa shape index (κ2) is 3.68. The van der Waals surface area contributed by atoms with E-state index in [0.717, 1.165) is 5.56 Å². The zero-order valence-electron chi connectivity index (χ0n) is 8.24. The Morgan fingerprint density at radius 2 is 2.47 bits per heavy atom. The van der Waals surface area contributed by atoms with Crippen LogP contribution in [0.15, 0.2) is 12.3 Å². The topological polar surface area (TPSA) is 68.3 Å². The Labute approximate surface area is 86.5 Å². The Bertz CT molecular complexity index is 429. The Morgan fingerprint density at radius 3 is 3.20 bits per heavy atom. The van der Waals surface area contributed by atoms with Gasteiger partial charge in [-0.1, -0.05) is 0 Å². The van der Waals surface area contributed by atoms with Crippen LogP contribution in [-0.4, -0.2) is 23.5 Å². The van der Waals surface area contributed by atoms with Gasteiger partial charge in [0, 0.05) is 11.8 Å². The summed E-state index contributed by atoms with van der Waals surface area (Å²) in [5, 5.41) is 2.59. The molecule has 1 N–H and O–H groups in total. The average molecular weight is 206 g/mol. The van der Waals surface area contributed by atoms with Crippen molar-refractivity contribution in [2.45, 2.75) is 13.3 Å². The van der Waals surface area contributed by atoms with Crippen molar-refractivity contribution in [3.63, 3.8) is 0 Å². The minimum Gasteiger partial charge on any atom is -0.462 e. The fourth-order valence-corrected chi connectivity index (χ4v) is 1.43. The number of amides is 1. The Kier molecular flexibility index (Phi) is 2.37. The first-order valence-corrected chi connectivity index (χ1v) is 4.66. The van der Waals surface area contributed by atoms with Crippen LogP contribution in [0.4, 0.5) is 5.82 Å². The molecule has 0 spiro atoms. The predicted octanol–water partition coefficient (Wildman–Crippen LogP) is 0.753. The van der Waals surface area contributed by atoms with Crippen LogP contribution >= 0.6 is 0 Å². The molecule has 2 heterocycles. The number of nitrogens with zero attached hydrogens (tertiary/aromatic N) is 1. The molecule has 1 aromatic heterocycles. The number of nitrogens with one attached hydrogen (secondary N) is 1. The van der Waals surface area contributed by atoms with E-state index in [0.29, 0.717) is 18.0 Å². The molecular weight excluding hydrogens is 196 g/mol. The van der Waals surface area contributed by atoms with Crippen LogP contribution in [0, 0.1) is 0 Å². The molecule has 0 saturated heterocycles. The number of esters is 1. The Balaban J connectivity index is 2.27. The zero-order chi connectivity index (χ0) is 10.8. The van der Waals surface area contributed by atoms with Gasteiger partial charge in [0.1, 0.15) is 5.82 Å². The van der Waals surface area contributed by atoms with E-state index in [1.165, 1.54) is 6.20 Å². The predicted molar refractivity (Wildman–Crippen MR) is 52.5 cm³/mol. The van der Waals surface area contributed by atoms with Crippen molar-refractivity contribution in [3.8, 4) is 0 Å². The zero-order valence-corrected chi connectivity index (χ0v) is 8.24. The van der Waals surface area contributed by atoms with Crippen LogP contribution in [0.3, 0.4) is 0 Å². The third kappa shape index (κ3) is 1.81. The van der Waals surface area contributed by atoms with E-state index in [9.17, 15) is 9.59 Å². The van der Waals surface area contributed by atoms with Crippen molar-refractivity contribution in [3.05, 3.63) is 23.4 Å². The lowest BCUT2D eigenvalue weighted by molar-refractivity contribution is -0.115. The van der Waals surface area contributed by atoms with Crippen molar-refractivity contribution >= 4 is 17.7 Å². The SMILES string of the molecule is CCOC(=O)c1cnc2c(c1)CC(=O)N2. The van der Waals surface area contributed by atoms with E-state index >= 15 is 0 Å². The number of rotatable bonds is 2. The minimum absolute atomic E-state index is 0.0986. The van der Waals surface area contributed by atoms with Gasteiger partial charge in [-0.25, -0.2) is 9.78 Å². The molecule has 0 aromatic carbocycles. The molecule has 5 nitrogen and oxygen atoms in total. The first-order chi connectivity index (χ1) is 7.20. The first-order valence-electron chi connectivity index (χ1n) is 4.66. The number of carbonyl (C=O) groups excluding carboxylic acids is 2. The van der Waals surface area contributed by atoms with Gasteiger partial charge in [-0.3, -0.25) is 4.79 Å². The number of hydrogen-bond donors (Lipinski definition) is 1. The van der Waals surface area contributed by atoms with Crippen molar-refractivity contribution in [1.82, 2.24) is 4.98 Å². The van der Waals surface area contributed by atoms with Gasteiger partial charge in [0.2, 0.25) is 5.91 Å². The Hall–Kier alpha value is -1.91. The molecule has 1 aromatic rings. The van der Waals surface area contributed by atoms with Gasteiger partial charge in [0.05, 0.1) is 18.6 Å². The van der Waals surface area contributed by atoms with Crippen LogP contribution in [0.1, 0.15) is 22.8 Å². The van der Waals surface area contributed by atoms with Crippen molar-refractivity contribution in [2.75, 3.05) is 11.9 Å². The van der Waals surface area contributed by atoms with Crippen molar-refractivity contribution < 1.29 is 14.3 Å². The molecule has 2 rings (SSSR count). The average Bonchev–Trinajstić information content (AvgIpc) is 2.57. The molecule has 0 aliphatic carbocycles. The molecule has 0 atom stereocenters. The molecule has 0 bridgehead atoms. The smallest absolute Gasteiger partial charge is 0.339 e. The van der Waals surface area contributed by atoms with E-state index in [-0.39, 0.29) is 12.3 Å². The lowest BCUT2D eigenvalue weighted by Gasteiger charge is -2.02. The first kappa shape index (κ1) is 9.64. The molecule has 0 saturated carbocycles. The highest BCUT2D eigenvalue weighted by Crippen LogP contribution is 2.21. The number of fused-ring (bicyclic) bond motifs is 1. The molecule has 5 heteroatoms. The molecule has 0 fully saturated rings. The quantitative estimate of drug-likeness (QED) is 0.725. The summed E-state index contributed by atoms with van der Waals surface area (Å²) in [6, 6.07) is 1.64. The normalized spacial score (nSPS) is 13.3.